The van der Waals surface area contributed by atoms with Crippen molar-refractivity contribution in [1.29, 1.82) is 0 Å². The molecule has 0 spiro atoms. The van der Waals surface area contributed by atoms with Crippen LogP contribution < -0.4 is 0 Å². The smallest absolute Gasteiger partial charge is 0.168 e. The van der Waals surface area contributed by atoms with Crippen molar-refractivity contribution in [3.8, 4) is 22.5 Å². The Morgan fingerprint density at radius 1 is 0.818 bits per heavy atom. The first-order chi connectivity index (χ1) is 10.8. The maximum atomic E-state index is 6.08. The van der Waals surface area contributed by atoms with Crippen LogP contribution >= 0.6 is 11.6 Å². The molecule has 0 aliphatic carbocycles. The van der Waals surface area contributed by atoms with Crippen molar-refractivity contribution in [2.75, 3.05) is 0 Å². The van der Waals surface area contributed by atoms with E-state index >= 15 is 0 Å². The molecule has 0 saturated carbocycles. The third-order valence-corrected chi connectivity index (χ3v) is 3.73. The topological polar surface area (TPSA) is 43.1 Å². The van der Waals surface area contributed by atoms with Gasteiger partial charge in [0.1, 0.15) is 0 Å². The van der Waals surface area contributed by atoms with E-state index in [9.17, 15) is 0 Å². The van der Waals surface area contributed by atoms with Crippen molar-refractivity contribution in [3.05, 3.63) is 72.1 Å². The van der Waals surface area contributed by atoms with E-state index in [2.05, 4.69) is 15.2 Å². The molecule has 4 rings (SSSR count). The molecule has 4 nitrogen and oxygen atoms in total. The van der Waals surface area contributed by atoms with Gasteiger partial charge in [0, 0.05) is 29.2 Å². The van der Waals surface area contributed by atoms with Gasteiger partial charge in [-0.05, 0) is 47.5 Å². The molecule has 4 aromatic rings. The molecule has 0 amide bonds. The van der Waals surface area contributed by atoms with Gasteiger partial charge in [-0.15, -0.1) is 10.2 Å². The molecule has 22 heavy (non-hydrogen) atoms. The number of aromatic nitrogens is 4. The predicted molar refractivity (Wildman–Crippen MR) is 86.7 cm³/mol. The molecule has 5 heteroatoms. The Morgan fingerprint density at radius 3 is 2.50 bits per heavy atom. The number of halogens is 1. The van der Waals surface area contributed by atoms with E-state index in [-0.39, 0.29) is 0 Å². The first-order valence-corrected chi connectivity index (χ1v) is 7.20. The van der Waals surface area contributed by atoms with Gasteiger partial charge in [-0.25, -0.2) is 0 Å². The average molecular weight is 307 g/mol. The average Bonchev–Trinajstić information content (AvgIpc) is 2.99. The van der Waals surface area contributed by atoms with Crippen LogP contribution in [0.25, 0.3) is 28.2 Å². The highest BCUT2D eigenvalue weighted by Gasteiger charge is 2.09. The molecule has 106 valence electrons. The highest BCUT2D eigenvalue weighted by molar-refractivity contribution is 6.30. The molecule has 3 aromatic heterocycles. The van der Waals surface area contributed by atoms with E-state index in [1.165, 1.54) is 0 Å². The number of rotatable bonds is 2. The van der Waals surface area contributed by atoms with Gasteiger partial charge in [-0.3, -0.25) is 9.38 Å². The maximum absolute atomic E-state index is 6.08. The monoisotopic (exact) mass is 306 g/mol. The molecular weight excluding hydrogens is 296 g/mol. The molecule has 0 aliphatic rings. The Morgan fingerprint density at radius 2 is 1.68 bits per heavy atom. The minimum atomic E-state index is 0.680. The molecule has 1 aromatic carbocycles. The Kier molecular flexibility index (Phi) is 3.09. The summed E-state index contributed by atoms with van der Waals surface area (Å²) in [4.78, 5) is 4.05. The van der Waals surface area contributed by atoms with Crippen LogP contribution in [0.3, 0.4) is 0 Å². The second-order valence-corrected chi connectivity index (χ2v) is 5.35. The van der Waals surface area contributed by atoms with Gasteiger partial charge in [-0.2, -0.15) is 0 Å². The van der Waals surface area contributed by atoms with E-state index in [4.69, 9.17) is 11.6 Å². The Hall–Kier alpha value is -2.72. The first-order valence-electron chi connectivity index (χ1n) is 6.82. The van der Waals surface area contributed by atoms with E-state index in [1.807, 2.05) is 59.1 Å². The van der Waals surface area contributed by atoms with Crippen LogP contribution in [0, 0.1) is 0 Å². The summed E-state index contributed by atoms with van der Waals surface area (Å²) in [6, 6.07) is 15.5. The fraction of sp³-hybridized carbons (Fsp3) is 0. The number of nitrogens with zero attached hydrogens (tertiary/aromatic N) is 4. The zero-order valence-electron chi connectivity index (χ0n) is 11.5. The SMILES string of the molecule is Clc1cccc(-c2nnc3ccc(-c4ccncc4)cn23)c1. The van der Waals surface area contributed by atoms with Crippen molar-refractivity contribution in [2.24, 2.45) is 0 Å². The summed E-state index contributed by atoms with van der Waals surface area (Å²) in [5, 5.41) is 9.18. The molecular formula is C17H11ClN4. The lowest BCUT2D eigenvalue weighted by molar-refractivity contribution is 1.11. The number of pyridine rings is 2. The van der Waals surface area contributed by atoms with Crippen LogP contribution in [-0.4, -0.2) is 19.6 Å². The maximum Gasteiger partial charge on any atom is 0.168 e. The second kappa shape index (κ2) is 5.24. The van der Waals surface area contributed by atoms with Crippen LogP contribution in [0.2, 0.25) is 5.02 Å². The minimum absolute atomic E-state index is 0.680. The van der Waals surface area contributed by atoms with E-state index in [0.29, 0.717) is 5.02 Å². The summed E-state index contributed by atoms with van der Waals surface area (Å²) < 4.78 is 1.97. The first kappa shape index (κ1) is 13.0. The zero-order valence-corrected chi connectivity index (χ0v) is 12.3. The van der Waals surface area contributed by atoms with Crippen molar-refractivity contribution in [1.82, 2.24) is 19.6 Å². The van der Waals surface area contributed by atoms with Gasteiger partial charge in [0.25, 0.3) is 0 Å². The summed E-state index contributed by atoms with van der Waals surface area (Å²) in [6.45, 7) is 0. The van der Waals surface area contributed by atoms with Crippen molar-refractivity contribution >= 4 is 17.2 Å². The summed E-state index contributed by atoms with van der Waals surface area (Å²) in [5.74, 6) is 0.772. The van der Waals surface area contributed by atoms with Crippen LogP contribution in [0.15, 0.2) is 67.1 Å². The van der Waals surface area contributed by atoms with E-state index < -0.39 is 0 Å². The minimum Gasteiger partial charge on any atom is -0.282 e. The quantitative estimate of drug-likeness (QED) is 0.559. The molecule has 0 saturated heterocycles. The van der Waals surface area contributed by atoms with Gasteiger partial charge in [0.05, 0.1) is 0 Å². The van der Waals surface area contributed by atoms with E-state index in [1.54, 1.807) is 12.4 Å². The molecule has 0 bridgehead atoms. The van der Waals surface area contributed by atoms with Crippen LogP contribution in [0.1, 0.15) is 0 Å². The van der Waals surface area contributed by atoms with Gasteiger partial charge in [0.15, 0.2) is 11.5 Å². The molecule has 3 heterocycles. The Balaban J connectivity index is 1.91. The Bertz CT molecular complexity index is 947. The number of fused-ring (bicyclic) bond motifs is 1. The third kappa shape index (κ3) is 2.23. The van der Waals surface area contributed by atoms with Gasteiger partial charge >= 0.3 is 0 Å². The predicted octanol–water partition coefficient (Wildman–Crippen LogP) is 4.11. The highest BCUT2D eigenvalue weighted by atomic mass is 35.5. The fourth-order valence-electron chi connectivity index (χ4n) is 2.43. The van der Waals surface area contributed by atoms with Crippen LogP contribution in [0.5, 0.6) is 0 Å². The Labute approximate surface area is 132 Å². The standard InChI is InChI=1S/C17H11ClN4/c18-15-3-1-2-13(10-15)17-21-20-16-5-4-14(11-22(16)17)12-6-8-19-9-7-12/h1-11H. The summed E-state index contributed by atoms with van der Waals surface area (Å²) in [7, 11) is 0. The molecule has 0 atom stereocenters. The van der Waals surface area contributed by atoms with E-state index in [0.717, 1.165) is 28.2 Å². The summed E-state index contributed by atoms with van der Waals surface area (Å²) in [5.41, 5.74) is 3.92. The van der Waals surface area contributed by atoms with Gasteiger partial charge in [0.2, 0.25) is 0 Å². The lowest BCUT2D eigenvalue weighted by atomic mass is 10.1. The van der Waals surface area contributed by atoms with Gasteiger partial charge < -0.3 is 0 Å². The molecule has 0 N–H and O–H groups in total. The summed E-state index contributed by atoms with van der Waals surface area (Å²) in [6.07, 6.45) is 5.59. The largest absolute Gasteiger partial charge is 0.282 e. The van der Waals surface area contributed by atoms with Crippen LogP contribution in [0.4, 0.5) is 0 Å². The number of hydrogen-bond acceptors (Lipinski definition) is 3. The number of hydrogen-bond donors (Lipinski definition) is 0. The molecule has 0 aliphatic heterocycles. The molecule has 0 radical (unpaired) electrons. The summed E-state index contributed by atoms with van der Waals surface area (Å²) >= 11 is 6.08. The van der Waals surface area contributed by atoms with Crippen LogP contribution in [-0.2, 0) is 0 Å². The van der Waals surface area contributed by atoms with Crippen molar-refractivity contribution in [3.63, 3.8) is 0 Å². The van der Waals surface area contributed by atoms with Gasteiger partial charge in [-0.1, -0.05) is 23.7 Å². The normalized spacial score (nSPS) is 11.0. The number of benzene rings is 1. The third-order valence-electron chi connectivity index (χ3n) is 3.50. The lowest BCUT2D eigenvalue weighted by Crippen LogP contribution is -1.91. The zero-order chi connectivity index (χ0) is 14.9. The van der Waals surface area contributed by atoms with Crippen molar-refractivity contribution in [2.45, 2.75) is 0 Å². The second-order valence-electron chi connectivity index (χ2n) is 4.92. The lowest BCUT2D eigenvalue weighted by Gasteiger charge is -2.04. The highest BCUT2D eigenvalue weighted by Crippen LogP contribution is 2.24. The molecule has 0 unspecified atom stereocenters. The fourth-order valence-corrected chi connectivity index (χ4v) is 2.62. The molecule has 0 fully saturated rings. The van der Waals surface area contributed by atoms with Crippen molar-refractivity contribution < 1.29 is 0 Å².